The van der Waals surface area contributed by atoms with E-state index >= 15 is 0 Å². The molecule has 0 saturated carbocycles. The molecule has 0 aliphatic carbocycles. The number of carbonyl (C=O) groups excluding carboxylic acids is 2. The van der Waals surface area contributed by atoms with Crippen LogP contribution >= 0.6 is 0 Å². The minimum absolute atomic E-state index is 0.000807. The van der Waals surface area contributed by atoms with E-state index < -0.39 is 0 Å². The zero-order valence-corrected chi connectivity index (χ0v) is 12.8. The maximum absolute atomic E-state index is 12.1. The number of nitrogens with one attached hydrogen (secondary N) is 1. The molecule has 0 fully saturated rings. The number of hydrogen-bond donors (Lipinski definition) is 1. The van der Waals surface area contributed by atoms with Crippen LogP contribution < -0.4 is 5.32 Å². The molecule has 0 aliphatic heterocycles. The van der Waals surface area contributed by atoms with Gasteiger partial charge in [0, 0.05) is 18.5 Å². The highest BCUT2D eigenvalue weighted by Gasteiger charge is 2.07. The molecule has 1 N–H and O–H groups in total. The van der Waals surface area contributed by atoms with E-state index in [0.29, 0.717) is 19.3 Å². The van der Waals surface area contributed by atoms with Crippen molar-refractivity contribution in [1.29, 1.82) is 0 Å². The Morgan fingerprint density at radius 2 is 1.55 bits per heavy atom. The molecule has 0 spiro atoms. The van der Waals surface area contributed by atoms with Gasteiger partial charge in [-0.25, -0.2) is 0 Å². The molecule has 3 heteroatoms. The molecule has 2 rings (SSSR count). The third-order valence-corrected chi connectivity index (χ3v) is 3.52. The summed E-state index contributed by atoms with van der Waals surface area (Å²) < 4.78 is 0. The number of amides is 1. The Balaban J connectivity index is 1.92. The van der Waals surface area contributed by atoms with Crippen LogP contribution in [0.5, 0.6) is 0 Å². The van der Waals surface area contributed by atoms with Crippen molar-refractivity contribution in [2.24, 2.45) is 0 Å². The fraction of sp³-hybridized carbons (Fsp3) is 0.263. The van der Waals surface area contributed by atoms with Gasteiger partial charge in [-0.15, -0.1) is 0 Å². The highest BCUT2D eigenvalue weighted by molar-refractivity contribution is 5.91. The van der Waals surface area contributed by atoms with E-state index in [9.17, 15) is 9.59 Å². The van der Waals surface area contributed by atoms with Gasteiger partial charge in [0.2, 0.25) is 5.91 Å². The summed E-state index contributed by atoms with van der Waals surface area (Å²) in [6.07, 6.45) is 2.33. The van der Waals surface area contributed by atoms with Crippen molar-refractivity contribution >= 4 is 17.4 Å². The van der Waals surface area contributed by atoms with Crippen molar-refractivity contribution in [1.82, 2.24) is 0 Å². The van der Waals surface area contributed by atoms with Crippen molar-refractivity contribution in [3.8, 4) is 0 Å². The third-order valence-electron chi connectivity index (χ3n) is 3.52. The van der Waals surface area contributed by atoms with Crippen LogP contribution in [0.15, 0.2) is 54.6 Å². The van der Waals surface area contributed by atoms with Gasteiger partial charge < -0.3 is 10.1 Å². The molecule has 3 nitrogen and oxygen atoms in total. The Kier molecular flexibility index (Phi) is 5.90. The fourth-order valence-corrected chi connectivity index (χ4v) is 2.29. The highest BCUT2D eigenvalue weighted by atomic mass is 16.1. The molecule has 2 aromatic carbocycles. The summed E-state index contributed by atoms with van der Waals surface area (Å²) in [5.41, 5.74) is 2.97. The van der Waals surface area contributed by atoms with Crippen molar-refractivity contribution in [3.63, 3.8) is 0 Å². The Morgan fingerprint density at radius 1 is 0.864 bits per heavy atom. The SMILES string of the molecule is CC(=O)CCc1ccccc1NC(=O)CCc1ccccc1. The van der Waals surface area contributed by atoms with Crippen LogP contribution in [-0.2, 0) is 22.4 Å². The molecule has 0 unspecified atom stereocenters. The monoisotopic (exact) mass is 295 g/mol. The number of anilines is 1. The minimum Gasteiger partial charge on any atom is -0.326 e. The van der Waals surface area contributed by atoms with E-state index in [2.05, 4.69) is 5.32 Å². The molecule has 0 bridgehead atoms. The molecule has 22 heavy (non-hydrogen) atoms. The van der Waals surface area contributed by atoms with Gasteiger partial charge in [-0.3, -0.25) is 4.79 Å². The number of aryl methyl sites for hydroxylation is 2. The number of benzene rings is 2. The zero-order chi connectivity index (χ0) is 15.8. The Labute approximate surface area is 131 Å². The van der Waals surface area contributed by atoms with Gasteiger partial charge in [-0.05, 0) is 37.0 Å². The van der Waals surface area contributed by atoms with E-state index in [1.54, 1.807) is 6.92 Å². The average Bonchev–Trinajstić information content (AvgIpc) is 2.53. The van der Waals surface area contributed by atoms with E-state index in [1.165, 1.54) is 0 Å². The standard InChI is InChI=1S/C19H21NO2/c1-15(21)11-13-17-9-5-6-10-18(17)20-19(22)14-12-16-7-3-2-4-8-16/h2-10H,11-14H2,1H3,(H,20,22). The minimum atomic E-state index is -0.000807. The van der Waals surface area contributed by atoms with Crippen LogP contribution in [0.2, 0.25) is 0 Å². The lowest BCUT2D eigenvalue weighted by Crippen LogP contribution is -2.14. The molecule has 1 amide bonds. The largest absolute Gasteiger partial charge is 0.326 e. The van der Waals surface area contributed by atoms with Crippen LogP contribution in [0.4, 0.5) is 5.69 Å². The van der Waals surface area contributed by atoms with E-state index in [1.807, 2.05) is 54.6 Å². The second-order valence-corrected chi connectivity index (χ2v) is 5.39. The van der Waals surface area contributed by atoms with Gasteiger partial charge in [0.15, 0.2) is 0 Å². The molecule has 0 atom stereocenters. The van der Waals surface area contributed by atoms with Crippen LogP contribution in [0, 0.1) is 0 Å². The zero-order valence-electron chi connectivity index (χ0n) is 12.8. The summed E-state index contributed by atoms with van der Waals surface area (Å²) in [5.74, 6) is 0.157. The van der Waals surface area contributed by atoms with Gasteiger partial charge in [-0.1, -0.05) is 48.5 Å². The first kappa shape index (κ1) is 16.0. The van der Waals surface area contributed by atoms with Gasteiger partial charge in [-0.2, -0.15) is 0 Å². The van der Waals surface area contributed by atoms with Crippen LogP contribution in [0.1, 0.15) is 30.9 Å². The predicted molar refractivity (Wildman–Crippen MR) is 88.8 cm³/mol. The molecule has 2 aromatic rings. The first-order valence-corrected chi connectivity index (χ1v) is 7.56. The highest BCUT2D eigenvalue weighted by Crippen LogP contribution is 2.17. The number of rotatable bonds is 7. The molecule has 0 heterocycles. The Morgan fingerprint density at radius 3 is 2.27 bits per heavy atom. The van der Waals surface area contributed by atoms with E-state index in [4.69, 9.17) is 0 Å². The number of hydrogen-bond acceptors (Lipinski definition) is 2. The summed E-state index contributed by atoms with van der Waals surface area (Å²) in [6, 6.07) is 17.6. The lowest BCUT2D eigenvalue weighted by atomic mass is 10.1. The van der Waals surface area contributed by atoms with Crippen LogP contribution in [0.3, 0.4) is 0 Å². The molecular weight excluding hydrogens is 274 g/mol. The average molecular weight is 295 g/mol. The maximum atomic E-state index is 12.1. The maximum Gasteiger partial charge on any atom is 0.224 e. The van der Waals surface area contributed by atoms with E-state index in [0.717, 1.165) is 23.2 Å². The quantitative estimate of drug-likeness (QED) is 0.845. The third kappa shape index (κ3) is 5.17. The van der Waals surface area contributed by atoms with Gasteiger partial charge in [0.1, 0.15) is 5.78 Å². The lowest BCUT2D eigenvalue weighted by Gasteiger charge is -2.10. The number of carbonyl (C=O) groups is 2. The first-order valence-electron chi connectivity index (χ1n) is 7.56. The normalized spacial score (nSPS) is 10.2. The summed E-state index contributed by atoms with van der Waals surface area (Å²) in [4.78, 5) is 23.2. The molecule has 0 saturated heterocycles. The summed E-state index contributed by atoms with van der Waals surface area (Å²) in [5, 5.41) is 2.95. The summed E-state index contributed by atoms with van der Waals surface area (Å²) in [7, 11) is 0. The molecule has 0 aliphatic rings. The Hall–Kier alpha value is -2.42. The Bertz CT molecular complexity index is 635. The van der Waals surface area contributed by atoms with Gasteiger partial charge >= 0.3 is 0 Å². The lowest BCUT2D eigenvalue weighted by molar-refractivity contribution is -0.117. The van der Waals surface area contributed by atoms with Gasteiger partial charge in [0.25, 0.3) is 0 Å². The number of ketones is 1. The van der Waals surface area contributed by atoms with Crippen molar-refractivity contribution in [2.45, 2.75) is 32.6 Å². The van der Waals surface area contributed by atoms with Crippen molar-refractivity contribution in [2.75, 3.05) is 5.32 Å². The topological polar surface area (TPSA) is 46.2 Å². The molecule has 0 aromatic heterocycles. The molecular formula is C19H21NO2. The summed E-state index contributed by atoms with van der Waals surface area (Å²) >= 11 is 0. The fourth-order valence-electron chi connectivity index (χ4n) is 2.29. The van der Waals surface area contributed by atoms with Crippen molar-refractivity contribution in [3.05, 3.63) is 65.7 Å². The van der Waals surface area contributed by atoms with Crippen LogP contribution in [0.25, 0.3) is 0 Å². The molecule has 114 valence electrons. The molecule has 0 radical (unpaired) electrons. The second-order valence-electron chi connectivity index (χ2n) is 5.39. The van der Waals surface area contributed by atoms with Gasteiger partial charge in [0.05, 0.1) is 0 Å². The number of Topliss-reactive ketones (excluding diaryl/α,β-unsaturated/α-hetero) is 1. The van der Waals surface area contributed by atoms with E-state index in [-0.39, 0.29) is 11.7 Å². The predicted octanol–water partition coefficient (Wildman–Crippen LogP) is 3.78. The smallest absolute Gasteiger partial charge is 0.224 e. The van der Waals surface area contributed by atoms with Crippen molar-refractivity contribution < 1.29 is 9.59 Å². The number of para-hydroxylation sites is 1. The first-order chi connectivity index (χ1) is 10.6. The van der Waals surface area contributed by atoms with Crippen LogP contribution in [-0.4, -0.2) is 11.7 Å². The summed E-state index contributed by atoms with van der Waals surface area (Å²) in [6.45, 7) is 1.58. The second kappa shape index (κ2) is 8.13.